The Balaban J connectivity index is 1.71. The maximum absolute atomic E-state index is 12.2. The van der Waals surface area contributed by atoms with Crippen molar-refractivity contribution >= 4 is 40.1 Å². The summed E-state index contributed by atoms with van der Waals surface area (Å²) in [5.74, 6) is 1.03. The highest BCUT2D eigenvalue weighted by molar-refractivity contribution is 7.99. The second kappa shape index (κ2) is 7.15. The summed E-state index contributed by atoms with van der Waals surface area (Å²) in [6.45, 7) is 2.11. The van der Waals surface area contributed by atoms with Gasteiger partial charge in [0.1, 0.15) is 0 Å². The molecule has 0 bridgehead atoms. The van der Waals surface area contributed by atoms with Crippen molar-refractivity contribution < 1.29 is 4.79 Å². The largest absolute Gasteiger partial charge is 0.323 e. The minimum absolute atomic E-state index is 0.266. The molecule has 0 aliphatic heterocycles. The predicted molar refractivity (Wildman–Crippen MR) is 97.2 cm³/mol. The van der Waals surface area contributed by atoms with E-state index in [2.05, 4.69) is 22.5 Å². The molecule has 3 rings (SSSR count). The summed E-state index contributed by atoms with van der Waals surface area (Å²) in [4.78, 5) is 17.7. The SMILES string of the molecule is CCSc1ccc(NC(=O)Nc2ccnc3ccccc23)cc1. The summed E-state index contributed by atoms with van der Waals surface area (Å²) in [5.41, 5.74) is 2.36. The molecule has 0 aliphatic rings. The van der Waals surface area contributed by atoms with Gasteiger partial charge in [-0.2, -0.15) is 0 Å². The first-order valence-corrected chi connectivity index (χ1v) is 8.39. The Morgan fingerprint density at radius 3 is 2.61 bits per heavy atom. The first-order valence-electron chi connectivity index (χ1n) is 7.41. The Bertz CT molecular complexity index is 813. The molecule has 23 heavy (non-hydrogen) atoms. The molecule has 5 heteroatoms. The van der Waals surface area contributed by atoms with Gasteiger partial charge in [-0.3, -0.25) is 4.98 Å². The van der Waals surface area contributed by atoms with Gasteiger partial charge in [-0.1, -0.05) is 25.1 Å². The van der Waals surface area contributed by atoms with Gasteiger partial charge in [0.05, 0.1) is 11.2 Å². The number of carbonyl (C=O) groups is 1. The lowest BCUT2D eigenvalue weighted by Gasteiger charge is -2.10. The number of thioether (sulfide) groups is 1. The Morgan fingerprint density at radius 2 is 1.83 bits per heavy atom. The van der Waals surface area contributed by atoms with Crippen molar-refractivity contribution in [3.63, 3.8) is 0 Å². The van der Waals surface area contributed by atoms with E-state index in [-0.39, 0.29) is 6.03 Å². The number of aromatic nitrogens is 1. The zero-order valence-electron chi connectivity index (χ0n) is 12.7. The third-order valence-electron chi connectivity index (χ3n) is 3.32. The minimum atomic E-state index is -0.266. The van der Waals surface area contributed by atoms with Crippen LogP contribution in [0.25, 0.3) is 10.9 Å². The van der Waals surface area contributed by atoms with Crippen molar-refractivity contribution in [2.24, 2.45) is 0 Å². The van der Waals surface area contributed by atoms with E-state index in [1.807, 2.05) is 48.5 Å². The molecule has 0 radical (unpaired) electrons. The molecule has 2 N–H and O–H groups in total. The standard InChI is InChI=1S/C18H17N3OS/c1-2-23-14-9-7-13(8-10-14)20-18(22)21-17-11-12-19-16-6-4-3-5-15(16)17/h3-12H,2H2,1H3,(H2,19,20,21,22). The highest BCUT2D eigenvalue weighted by atomic mass is 32.2. The summed E-state index contributed by atoms with van der Waals surface area (Å²) in [5, 5.41) is 6.64. The number of hydrogen-bond donors (Lipinski definition) is 2. The monoisotopic (exact) mass is 323 g/mol. The van der Waals surface area contributed by atoms with Crippen LogP contribution in [0.3, 0.4) is 0 Å². The van der Waals surface area contributed by atoms with Crippen LogP contribution in [0.4, 0.5) is 16.2 Å². The molecule has 1 aromatic heterocycles. The normalized spacial score (nSPS) is 10.5. The third-order valence-corrected chi connectivity index (χ3v) is 4.21. The Hall–Kier alpha value is -2.53. The summed E-state index contributed by atoms with van der Waals surface area (Å²) >= 11 is 1.77. The van der Waals surface area contributed by atoms with Gasteiger partial charge in [-0.05, 0) is 42.2 Å². The molecule has 0 atom stereocenters. The van der Waals surface area contributed by atoms with E-state index in [0.717, 1.165) is 28.0 Å². The number of rotatable bonds is 4. The van der Waals surface area contributed by atoms with Gasteiger partial charge in [-0.15, -0.1) is 11.8 Å². The van der Waals surface area contributed by atoms with E-state index in [1.54, 1.807) is 24.0 Å². The Morgan fingerprint density at radius 1 is 1.04 bits per heavy atom. The fourth-order valence-corrected chi connectivity index (χ4v) is 2.95. The minimum Gasteiger partial charge on any atom is -0.308 e. The number of nitrogens with one attached hydrogen (secondary N) is 2. The molecule has 3 aromatic rings. The molecule has 4 nitrogen and oxygen atoms in total. The zero-order chi connectivity index (χ0) is 16.1. The summed E-state index contributed by atoms with van der Waals surface area (Å²) in [7, 11) is 0. The van der Waals surface area contributed by atoms with Crippen LogP contribution in [0.2, 0.25) is 0 Å². The molecule has 0 spiro atoms. The number of anilines is 2. The first kappa shape index (κ1) is 15.4. The fourth-order valence-electron chi connectivity index (χ4n) is 2.29. The van der Waals surface area contributed by atoms with Gasteiger partial charge in [0.2, 0.25) is 0 Å². The quantitative estimate of drug-likeness (QED) is 0.665. The number of hydrogen-bond acceptors (Lipinski definition) is 3. The summed E-state index contributed by atoms with van der Waals surface area (Å²) < 4.78 is 0. The molecule has 2 aromatic carbocycles. The van der Waals surface area contributed by atoms with E-state index in [1.165, 1.54) is 4.90 Å². The van der Waals surface area contributed by atoms with E-state index in [0.29, 0.717) is 0 Å². The zero-order valence-corrected chi connectivity index (χ0v) is 13.6. The van der Waals surface area contributed by atoms with Gasteiger partial charge in [0.15, 0.2) is 0 Å². The lowest BCUT2D eigenvalue weighted by molar-refractivity contribution is 0.262. The number of fused-ring (bicyclic) bond motifs is 1. The predicted octanol–water partition coefficient (Wildman–Crippen LogP) is 4.99. The number of pyridine rings is 1. The van der Waals surface area contributed by atoms with Crippen molar-refractivity contribution in [2.75, 3.05) is 16.4 Å². The van der Waals surface area contributed by atoms with Crippen LogP contribution in [-0.2, 0) is 0 Å². The molecule has 116 valence electrons. The molecule has 0 fully saturated rings. The lowest BCUT2D eigenvalue weighted by Crippen LogP contribution is -2.19. The van der Waals surface area contributed by atoms with Crippen LogP contribution in [0.5, 0.6) is 0 Å². The highest BCUT2D eigenvalue weighted by Crippen LogP contribution is 2.22. The number of para-hydroxylation sites is 1. The van der Waals surface area contributed by atoms with Gasteiger partial charge in [-0.25, -0.2) is 4.79 Å². The van der Waals surface area contributed by atoms with Crippen molar-refractivity contribution in [1.29, 1.82) is 0 Å². The molecule has 0 saturated carbocycles. The molecule has 0 saturated heterocycles. The van der Waals surface area contributed by atoms with Crippen LogP contribution in [0, 0.1) is 0 Å². The Kier molecular flexibility index (Phi) is 4.78. The van der Waals surface area contributed by atoms with E-state index in [9.17, 15) is 4.79 Å². The molecule has 1 heterocycles. The number of urea groups is 1. The average molecular weight is 323 g/mol. The van der Waals surface area contributed by atoms with Gasteiger partial charge >= 0.3 is 6.03 Å². The van der Waals surface area contributed by atoms with E-state index in [4.69, 9.17) is 0 Å². The van der Waals surface area contributed by atoms with Crippen molar-refractivity contribution in [3.05, 3.63) is 60.8 Å². The average Bonchev–Trinajstić information content (AvgIpc) is 2.57. The maximum atomic E-state index is 12.2. The highest BCUT2D eigenvalue weighted by Gasteiger charge is 2.06. The fraction of sp³-hybridized carbons (Fsp3) is 0.111. The third kappa shape index (κ3) is 3.81. The van der Waals surface area contributed by atoms with Crippen LogP contribution < -0.4 is 10.6 Å². The number of amides is 2. The number of benzene rings is 2. The number of carbonyl (C=O) groups excluding carboxylic acids is 1. The lowest BCUT2D eigenvalue weighted by atomic mass is 10.2. The Labute approximate surface area is 139 Å². The summed E-state index contributed by atoms with van der Waals surface area (Å²) in [6.07, 6.45) is 1.69. The summed E-state index contributed by atoms with van der Waals surface area (Å²) in [6, 6.07) is 17.1. The topological polar surface area (TPSA) is 54.0 Å². The van der Waals surface area contributed by atoms with Crippen molar-refractivity contribution in [2.45, 2.75) is 11.8 Å². The molecule has 0 aliphatic carbocycles. The van der Waals surface area contributed by atoms with Crippen LogP contribution >= 0.6 is 11.8 Å². The second-order valence-corrected chi connectivity index (χ2v) is 6.25. The molecule has 2 amide bonds. The van der Waals surface area contributed by atoms with Gasteiger partial charge < -0.3 is 10.6 Å². The van der Waals surface area contributed by atoms with Crippen molar-refractivity contribution in [3.8, 4) is 0 Å². The van der Waals surface area contributed by atoms with E-state index >= 15 is 0 Å². The molecular weight excluding hydrogens is 306 g/mol. The smallest absolute Gasteiger partial charge is 0.308 e. The van der Waals surface area contributed by atoms with Crippen LogP contribution in [0.1, 0.15) is 6.92 Å². The second-order valence-electron chi connectivity index (χ2n) is 4.91. The molecule has 0 unspecified atom stereocenters. The van der Waals surface area contributed by atoms with Crippen LogP contribution in [-0.4, -0.2) is 16.8 Å². The van der Waals surface area contributed by atoms with Crippen molar-refractivity contribution in [1.82, 2.24) is 4.98 Å². The maximum Gasteiger partial charge on any atom is 0.323 e. The number of nitrogens with zero attached hydrogens (tertiary/aromatic N) is 1. The molecular formula is C18H17N3OS. The van der Waals surface area contributed by atoms with Crippen LogP contribution in [0.15, 0.2) is 65.7 Å². The van der Waals surface area contributed by atoms with Gasteiger partial charge in [0, 0.05) is 22.2 Å². The first-order chi connectivity index (χ1) is 11.3. The van der Waals surface area contributed by atoms with E-state index < -0.39 is 0 Å². The van der Waals surface area contributed by atoms with Gasteiger partial charge in [0.25, 0.3) is 0 Å².